The van der Waals surface area contributed by atoms with Gasteiger partial charge in [-0.05, 0) is 29.8 Å². The molecule has 0 unspecified atom stereocenters. The van der Waals surface area contributed by atoms with E-state index in [1.165, 1.54) is 42.6 Å². The van der Waals surface area contributed by atoms with Crippen LogP contribution in [0.25, 0.3) is 6.08 Å². The summed E-state index contributed by atoms with van der Waals surface area (Å²) in [5.41, 5.74) is 1.11. The number of hydrogen-bond donors (Lipinski definition) is 3. The van der Waals surface area contributed by atoms with Gasteiger partial charge in [0.1, 0.15) is 5.82 Å². The number of aliphatic carboxylic acids is 1. The zero-order chi connectivity index (χ0) is 16.1. The van der Waals surface area contributed by atoms with E-state index in [4.69, 9.17) is 10.5 Å². The van der Waals surface area contributed by atoms with Crippen LogP contribution in [0.2, 0.25) is 0 Å². The van der Waals surface area contributed by atoms with Gasteiger partial charge in [0.25, 0.3) is 5.69 Å². The number of nitro benzene ring substituents is 1. The number of rotatable bonds is 6. The lowest BCUT2D eigenvalue weighted by atomic mass is 10.1. The van der Waals surface area contributed by atoms with Crippen molar-refractivity contribution < 1.29 is 14.8 Å². The van der Waals surface area contributed by atoms with Crippen molar-refractivity contribution in [3.8, 4) is 0 Å². The Morgan fingerprint density at radius 2 is 2.09 bits per heavy atom. The molecule has 0 atom stereocenters. The molecule has 0 aliphatic heterocycles. The molecule has 0 amide bonds. The Balaban J connectivity index is 2.05. The summed E-state index contributed by atoms with van der Waals surface area (Å²) in [6, 6.07) is 5.64. The van der Waals surface area contributed by atoms with Crippen LogP contribution in [0.15, 0.2) is 36.5 Å². The molecule has 112 valence electrons. The lowest BCUT2D eigenvalue weighted by Gasteiger charge is -1.98. The fourth-order valence-corrected chi connectivity index (χ4v) is 1.74. The number of allylic oxidation sites excluding steroid dienone is 1. The molecule has 0 bridgehead atoms. The highest BCUT2D eigenvalue weighted by Crippen LogP contribution is 2.13. The summed E-state index contributed by atoms with van der Waals surface area (Å²) in [5, 5.41) is 27.1. The van der Waals surface area contributed by atoms with Gasteiger partial charge in [-0.3, -0.25) is 14.9 Å². The third kappa shape index (κ3) is 3.85. The van der Waals surface area contributed by atoms with E-state index in [-0.39, 0.29) is 17.8 Å². The van der Waals surface area contributed by atoms with E-state index < -0.39 is 10.9 Å². The number of nitrogens with zero attached hydrogens (tertiary/aromatic N) is 2. The minimum Gasteiger partial charge on any atom is -0.481 e. The molecular weight excluding hydrogens is 288 g/mol. The predicted octanol–water partition coefficient (Wildman–Crippen LogP) is 2.03. The zero-order valence-corrected chi connectivity index (χ0v) is 11.3. The first-order valence-corrected chi connectivity index (χ1v) is 6.23. The number of nitrogens with one attached hydrogen (secondary N) is 2. The minimum atomic E-state index is -0.960. The molecular formula is C14H12N4O4. The third-order valence-electron chi connectivity index (χ3n) is 2.79. The molecule has 0 saturated carbocycles. The van der Waals surface area contributed by atoms with Gasteiger partial charge < -0.3 is 15.5 Å². The average molecular weight is 300 g/mol. The summed E-state index contributed by atoms with van der Waals surface area (Å²) in [5.74, 6) is -0.527. The monoisotopic (exact) mass is 300 g/mol. The van der Waals surface area contributed by atoms with Crippen LogP contribution in [0.4, 0.5) is 5.69 Å². The fourth-order valence-electron chi connectivity index (χ4n) is 1.74. The summed E-state index contributed by atoms with van der Waals surface area (Å²) >= 11 is 0. The van der Waals surface area contributed by atoms with Gasteiger partial charge in [-0.15, -0.1) is 0 Å². The molecule has 2 aromatic rings. The third-order valence-corrected chi connectivity index (χ3v) is 2.79. The normalized spacial score (nSPS) is 10.7. The van der Waals surface area contributed by atoms with Crippen molar-refractivity contribution >= 4 is 23.4 Å². The number of imidazole rings is 1. The minimum absolute atomic E-state index is 0.0372. The Hall–Kier alpha value is -3.29. The van der Waals surface area contributed by atoms with E-state index >= 15 is 0 Å². The second-order valence-electron chi connectivity index (χ2n) is 4.42. The van der Waals surface area contributed by atoms with Crippen molar-refractivity contribution in [3.05, 3.63) is 63.7 Å². The van der Waals surface area contributed by atoms with Crippen LogP contribution in [-0.4, -0.2) is 31.7 Å². The van der Waals surface area contributed by atoms with Gasteiger partial charge in [0.05, 0.1) is 17.1 Å². The highest BCUT2D eigenvalue weighted by molar-refractivity contribution is 6.08. The van der Waals surface area contributed by atoms with E-state index in [9.17, 15) is 14.9 Å². The van der Waals surface area contributed by atoms with Gasteiger partial charge >= 0.3 is 5.97 Å². The molecule has 0 spiro atoms. The van der Waals surface area contributed by atoms with Crippen molar-refractivity contribution in [3.63, 3.8) is 0 Å². The standard InChI is InChI=1S/C14H12N4O4/c15-12(9-1-3-11(4-2-9)18(21)22)5-6-13-16-8-10(17-13)7-14(19)20/h1-6,8,15H,7H2,(H,16,17)(H,19,20)/b6-5-,15-12?. The Morgan fingerprint density at radius 1 is 1.41 bits per heavy atom. The van der Waals surface area contributed by atoms with Crippen LogP contribution in [0.5, 0.6) is 0 Å². The van der Waals surface area contributed by atoms with Crippen molar-refractivity contribution in [1.29, 1.82) is 5.41 Å². The maximum absolute atomic E-state index is 10.6. The molecule has 8 heteroatoms. The van der Waals surface area contributed by atoms with E-state index in [0.717, 1.165) is 0 Å². The topological polar surface area (TPSA) is 133 Å². The SMILES string of the molecule is N=C(/C=C\c1ncc(CC(=O)O)[nH]1)c1ccc([N+](=O)[O-])cc1. The molecule has 2 rings (SSSR count). The summed E-state index contributed by atoms with van der Waals surface area (Å²) in [6.07, 6.45) is 4.28. The maximum atomic E-state index is 10.6. The van der Waals surface area contributed by atoms with Crippen LogP contribution in [-0.2, 0) is 11.2 Å². The average Bonchev–Trinajstić information content (AvgIpc) is 2.91. The number of nitro groups is 1. The largest absolute Gasteiger partial charge is 0.481 e. The van der Waals surface area contributed by atoms with Crippen LogP contribution in [0.1, 0.15) is 17.1 Å². The first-order chi connectivity index (χ1) is 10.5. The molecule has 0 radical (unpaired) electrons. The number of carboxylic acid groups (broad SMARTS) is 1. The number of carboxylic acids is 1. The molecule has 8 nitrogen and oxygen atoms in total. The number of H-pyrrole nitrogens is 1. The van der Waals surface area contributed by atoms with Gasteiger partial charge in [-0.1, -0.05) is 0 Å². The molecule has 1 aromatic carbocycles. The zero-order valence-electron chi connectivity index (χ0n) is 11.3. The van der Waals surface area contributed by atoms with E-state index in [2.05, 4.69) is 9.97 Å². The number of aromatic amines is 1. The Bertz CT molecular complexity index is 746. The maximum Gasteiger partial charge on any atom is 0.309 e. The van der Waals surface area contributed by atoms with Gasteiger partial charge in [0.2, 0.25) is 0 Å². The Morgan fingerprint density at radius 3 is 2.68 bits per heavy atom. The van der Waals surface area contributed by atoms with Crippen molar-refractivity contribution in [1.82, 2.24) is 9.97 Å². The molecule has 22 heavy (non-hydrogen) atoms. The van der Waals surface area contributed by atoms with Crippen LogP contribution >= 0.6 is 0 Å². The van der Waals surface area contributed by atoms with Gasteiger partial charge in [-0.2, -0.15) is 0 Å². The highest BCUT2D eigenvalue weighted by atomic mass is 16.6. The van der Waals surface area contributed by atoms with Gasteiger partial charge in [-0.25, -0.2) is 4.98 Å². The summed E-state index contributed by atoms with van der Waals surface area (Å²) < 4.78 is 0. The number of hydrogen-bond acceptors (Lipinski definition) is 5. The van der Waals surface area contributed by atoms with E-state index in [1.54, 1.807) is 0 Å². The highest BCUT2D eigenvalue weighted by Gasteiger charge is 2.06. The number of carbonyl (C=O) groups is 1. The smallest absolute Gasteiger partial charge is 0.309 e. The molecule has 0 saturated heterocycles. The van der Waals surface area contributed by atoms with Crippen LogP contribution < -0.4 is 0 Å². The van der Waals surface area contributed by atoms with Gasteiger partial charge in [0.15, 0.2) is 0 Å². The first kappa shape index (κ1) is 15.1. The van der Waals surface area contributed by atoms with Crippen LogP contribution in [0, 0.1) is 15.5 Å². The molecule has 0 aliphatic rings. The number of benzene rings is 1. The second kappa shape index (κ2) is 6.44. The van der Waals surface area contributed by atoms with E-state index in [1.807, 2.05) is 0 Å². The summed E-state index contributed by atoms with van der Waals surface area (Å²) in [6.45, 7) is 0. The van der Waals surface area contributed by atoms with Gasteiger partial charge in [0, 0.05) is 24.0 Å². The van der Waals surface area contributed by atoms with E-state index in [0.29, 0.717) is 17.1 Å². The Labute approximate surface area is 124 Å². The van der Waals surface area contributed by atoms with Crippen LogP contribution in [0.3, 0.4) is 0 Å². The summed E-state index contributed by atoms with van der Waals surface area (Å²) in [7, 11) is 0. The van der Waals surface area contributed by atoms with Crippen molar-refractivity contribution in [2.24, 2.45) is 0 Å². The molecule has 1 aromatic heterocycles. The fraction of sp³-hybridized carbons (Fsp3) is 0.0714. The lowest BCUT2D eigenvalue weighted by Crippen LogP contribution is -1.99. The number of aromatic nitrogens is 2. The number of non-ortho nitro benzene ring substituents is 1. The lowest BCUT2D eigenvalue weighted by molar-refractivity contribution is -0.384. The predicted molar refractivity (Wildman–Crippen MR) is 78.9 cm³/mol. The first-order valence-electron chi connectivity index (χ1n) is 6.23. The summed E-state index contributed by atoms with van der Waals surface area (Å²) in [4.78, 5) is 27.4. The molecule has 0 aliphatic carbocycles. The van der Waals surface area contributed by atoms with Crippen molar-refractivity contribution in [2.45, 2.75) is 6.42 Å². The molecule has 1 heterocycles. The quantitative estimate of drug-likeness (QED) is 0.426. The second-order valence-corrected chi connectivity index (χ2v) is 4.42. The molecule has 3 N–H and O–H groups in total. The van der Waals surface area contributed by atoms with Crippen molar-refractivity contribution in [2.75, 3.05) is 0 Å². The Kier molecular flexibility index (Phi) is 4.42. The molecule has 0 fully saturated rings.